The van der Waals surface area contributed by atoms with Gasteiger partial charge in [0.1, 0.15) is 17.4 Å². The van der Waals surface area contributed by atoms with E-state index in [-0.39, 0.29) is 48.9 Å². The number of benzene rings is 2. The summed E-state index contributed by atoms with van der Waals surface area (Å²) < 4.78 is 13.9. The van der Waals surface area contributed by atoms with Gasteiger partial charge in [-0.15, -0.1) is 0 Å². The summed E-state index contributed by atoms with van der Waals surface area (Å²) in [5.74, 6) is 0.0883. The normalized spacial score (nSPS) is 24.0. The van der Waals surface area contributed by atoms with Crippen molar-refractivity contribution < 1.29 is 29.0 Å². The first-order chi connectivity index (χ1) is 22.3. The molecule has 1 aromatic heterocycles. The van der Waals surface area contributed by atoms with Gasteiger partial charge in [0.05, 0.1) is 30.3 Å². The van der Waals surface area contributed by atoms with Gasteiger partial charge < -0.3 is 19.5 Å². The Morgan fingerprint density at radius 1 is 1.00 bits per heavy atom. The number of likely N-dealkylation sites (tertiary alicyclic amines) is 1. The molecule has 2 aliphatic heterocycles. The van der Waals surface area contributed by atoms with Crippen LogP contribution >= 0.6 is 0 Å². The number of aliphatic hydroxyl groups is 1. The van der Waals surface area contributed by atoms with Crippen LogP contribution in [0.5, 0.6) is 5.75 Å². The monoisotopic (exact) mass is 647 g/mol. The van der Waals surface area contributed by atoms with Crippen LogP contribution in [0.4, 0.5) is 4.79 Å². The Hall–Kier alpha value is -4.16. The highest BCUT2D eigenvalue weighted by Crippen LogP contribution is 2.47. The molecule has 47 heavy (non-hydrogen) atoms. The number of hydrogen-bond acceptors (Lipinski definition) is 8. The molecule has 3 amide bonds. The van der Waals surface area contributed by atoms with Crippen molar-refractivity contribution in [2.45, 2.75) is 76.2 Å². The van der Waals surface area contributed by atoms with E-state index >= 15 is 0 Å². The summed E-state index contributed by atoms with van der Waals surface area (Å²) in [5, 5.41) is 11.5. The van der Waals surface area contributed by atoms with Crippen LogP contribution in [0.3, 0.4) is 0 Å². The van der Waals surface area contributed by atoms with Gasteiger partial charge >= 0.3 is 11.8 Å². The number of aryl methyl sites for hydroxylation is 1. The number of amides is 3. The van der Waals surface area contributed by atoms with E-state index in [4.69, 9.17) is 9.47 Å². The largest absolute Gasteiger partial charge is 0.497 e. The summed E-state index contributed by atoms with van der Waals surface area (Å²) in [6.45, 7) is 8.61. The van der Waals surface area contributed by atoms with Crippen LogP contribution in [0, 0.1) is 0 Å². The van der Waals surface area contributed by atoms with Gasteiger partial charge in [0, 0.05) is 46.2 Å². The van der Waals surface area contributed by atoms with Crippen LogP contribution in [0.2, 0.25) is 0 Å². The molecule has 3 fully saturated rings. The van der Waals surface area contributed by atoms with Gasteiger partial charge in [0.2, 0.25) is 5.91 Å². The molecule has 252 valence electrons. The number of piperazine rings is 1. The smallest absolute Gasteiger partial charge is 0.410 e. The molecule has 6 rings (SSSR count). The van der Waals surface area contributed by atoms with Crippen LogP contribution in [-0.4, -0.2) is 97.9 Å². The number of rotatable bonds is 7. The maximum atomic E-state index is 13.8. The quantitative estimate of drug-likeness (QED) is 0.387. The lowest BCUT2D eigenvalue weighted by Crippen LogP contribution is -2.56. The molecule has 0 radical (unpaired) electrons. The molecule has 1 atom stereocenters. The molecule has 1 N–H and O–H groups in total. The molecular formula is C35H45N5O7. The van der Waals surface area contributed by atoms with Crippen LogP contribution in [0.15, 0.2) is 47.3 Å². The number of carbonyl (C=O) groups is 3. The first kappa shape index (κ1) is 32.8. The number of methoxy groups -OCH3 is 1. The first-order valence-corrected chi connectivity index (χ1v) is 16.4. The Morgan fingerprint density at radius 2 is 1.68 bits per heavy atom. The fourth-order valence-corrected chi connectivity index (χ4v) is 7.28. The maximum Gasteiger partial charge on any atom is 0.410 e. The highest BCUT2D eigenvalue weighted by Gasteiger charge is 2.46. The van der Waals surface area contributed by atoms with E-state index < -0.39 is 17.2 Å². The second-order valence-corrected chi connectivity index (χ2v) is 14.2. The van der Waals surface area contributed by atoms with E-state index in [1.165, 1.54) is 4.90 Å². The Bertz CT molecular complexity index is 1720. The molecule has 12 nitrogen and oxygen atoms in total. The SMILES string of the molecule is COc1ccc(CN2C(=O)CCC(n3c(=O)n(C)c4c3cccc4[C@H]3C[C@](O)(CN4CCN(C(=O)OC(C)(C)C)CC4)C3)C2=O)cc1. The number of carbonyl (C=O) groups excluding carboxylic acids is 3. The van der Waals surface area contributed by atoms with Crippen molar-refractivity contribution in [1.29, 1.82) is 0 Å². The molecule has 1 unspecified atom stereocenters. The highest BCUT2D eigenvalue weighted by atomic mass is 16.6. The average Bonchev–Trinajstić information content (AvgIpc) is 3.27. The summed E-state index contributed by atoms with van der Waals surface area (Å²) in [4.78, 5) is 58.0. The predicted molar refractivity (Wildman–Crippen MR) is 175 cm³/mol. The van der Waals surface area contributed by atoms with Crippen molar-refractivity contribution in [3.63, 3.8) is 0 Å². The molecule has 12 heteroatoms. The van der Waals surface area contributed by atoms with Crippen molar-refractivity contribution in [3.8, 4) is 5.75 Å². The predicted octanol–water partition coefficient (Wildman–Crippen LogP) is 3.40. The summed E-state index contributed by atoms with van der Waals surface area (Å²) in [6.07, 6.45) is 1.20. The number of piperidine rings is 1. The Labute approximate surface area is 274 Å². The summed E-state index contributed by atoms with van der Waals surface area (Å²) in [7, 11) is 3.29. The summed E-state index contributed by atoms with van der Waals surface area (Å²) in [6, 6.07) is 12.2. The fourth-order valence-electron chi connectivity index (χ4n) is 7.28. The zero-order chi connectivity index (χ0) is 33.7. The average molecular weight is 648 g/mol. The van der Waals surface area contributed by atoms with E-state index in [9.17, 15) is 24.3 Å². The van der Waals surface area contributed by atoms with Gasteiger partial charge in [0.25, 0.3) is 5.91 Å². The van der Waals surface area contributed by atoms with Gasteiger partial charge in [0.15, 0.2) is 0 Å². The van der Waals surface area contributed by atoms with E-state index in [0.717, 1.165) is 16.6 Å². The van der Waals surface area contributed by atoms with Crippen LogP contribution < -0.4 is 10.4 Å². The van der Waals surface area contributed by atoms with Crippen LogP contribution in [0.1, 0.15) is 69.5 Å². The van der Waals surface area contributed by atoms with E-state index in [2.05, 4.69) is 4.90 Å². The van der Waals surface area contributed by atoms with Gasteiger partial charge in [-0.3, -0.25) is 28.5 Å². The molecule has 3 aliphatic rings. The lowest BCUT2D eigenvalue weighted by Gasteiger charge is -2.48. The number of imidazole rings is 1. The van der Waals surface area contributed by atoms with Gasteiger partial charge in [-0.1, -0.05) is 24.3 Å². The van der Waals surface area contributed by atoms with E-state index in [1.54, 1.807) is 40.3 Å². The summed E-state index contributed by atoms with van der Waals surface area (Å²) in [5.41, 5.74) is 1.45. The van der Waals surface area contributed by atoms with Crippen LogP contribution in [-0.2, 0) is 27.9 Å². The van der Waals surface area contributed by atoms with Crippen molar-refractivity contribution in [2.75, 3.05) is 39.8 Å². The third-order valence-corrected chi connectivity index (χ3v) is 9.66. The van der Waals surface area contributed by atoms with Crippen molar-refractivity contribution in [3.05, 3.63) is 64.1 Å². The third-order valence-electron chi connectivity index (χ3n) is 9.66. The number of hydrogen-bond donors (Lipinski definition) is 1. The number of β-amino-alcohol motifs (C(OH)–C–C–N with tert-alkyl or cyclic N) is 1. The zero-order valence-electron chi connectivity index (χ0n) is 27.9. The number of para-hydroxylation sites is 1. The maximum absolute atomic E-state index is 13.8. The molecule has 2 aromatic carbocycles. The Morgan fingerprint density at radius 3 is 2.32 bits per heavy atom. The number of fused-ring (bicyclic) bond motifs is 1. The Kier molecular flexibility index (Phi) is 8.69. The minimum absolute atomic E-state index is 0.0448. The minimum atomic E-state index is -0.871. The van der Waals surface area contributed by atoms with Gasteiger partial charge in [-0.2, -0.15) is 0 Å². The van der Waals surface area contributed by atoms with Gasteiger partial charge in [-0.25, -0.2) is 9.59 Å². The molecular weight excluding hydrogens is 602 g/mol. The Balaban J connectivity index is 1.15. The molecule has 3 heterocycles. The molecule has 3 aromatic rings. The second kappa shape index (κ2) is 12.5. The zero-order valence-corrected chi connectivity index (χ0v) is 27.9. The van der Waals surface area contributed by atoms with Crippen molar-refractivity contribution >= 4 is 28.9 Å². The standard InChI is InChI=1S/C35H45N5O7/c1-34(2,3)47-33(44)38-17-15-37(16-18-38)22-35(45)19-24(20-35)26-7-6-8-27-30(26)36(4)32(43)40(27)28-13-14-29(41)39(31(28)42)21-23-9-11-25(46-5)12-10-23/h6-12,24,28,45H,13-22H2,1-5H3/t24-,28?,35+. The van der Waals surface area contributed by atoms with E-state index in [1.807, 2.05) is 51.1 Å². The topological polar surface area (TPSA) is 127 Å². The number of aromatic nitrogens is 2. The molecule has 2 saturated heterocycles. The third kappa shape index (κ3) is 6.53. The van der Waals surface area contributed by atoms with E-state index in [0.29, 0.717) is 56.8 Å². The first-order valence-electron chi connectivity index (χ1n) is 16.4. The molecule has 0 spiro atoms. The molecule has 1 saturated carbocycles. The summed E-state index contributed by atoms with van der Waals surface area (Å²) >= 11 is 0. The lowest BCUT2D eigenvalue weighted by molar-refractivity contribution is -0.151. The van der Waals surface area contributed by atoms with Crippen molar-refractivity contribution in [2.24, 2.45) is 7.05 Å². The minimum Gasteiger partial charge on any atom is -0.497 e. The van der Waals surface area contributed by atoms with Gasteiger partial charge in [-0.05, 0) is 75.3 Å². The number of imide groups is 1. The molecule has 1 aliphatic carbocycles. The molecule has 0 bridgehead atoms. The second-order valence-electron chi connectivity index (χ2n) is 14.2. The fraction of sp³-hybridized carbons (Fsp3) is 0.543. The number of nitrogens with zero attached hydrogens (tertiary/aromatic N) is 5. The van der Waals surface area contributed by atoms with Crippen molar-refractivity contribution in [1.82, 2.24) is 23.8 Å². The lowest BCUT2D eigenvalue weighted by atomic mass is 9.67. The van der Waals surface area contributed by atoms with Crippen LogP contribution in [0.25, 0.3) is 11.0 Å². The number of ether oxygens (including phenoxy) is 2. The highest BCUT2D eigenvalue weighted by molar-refractivity contribution is 6.00.